The second-order valence-corrected chi connectivity index (χ2v) is 5.98. The average molecular weight is 304 g/mol. The molecule has 0 aliphatic carbocycles. The average Bonchev–Trinajstić information content (AvgIpc) is 2.98. The zero-order valence-corrected chi connectivity index (χ0v) is 13.7. The second-order valence-electron chi connectivity index (χ2n) is 5.98. The second kappa shape index (κ2) is 8.30. The van der Waals surface area contributed by atoms with Gasteiger partial charge in [-0.15, -0.1) is 0 Å². The molecule has 0 radical (unpaired) electrons. The van der Waals surface area contributed by atoms with E-state index in [-0.39, 0.29) is 11.9 Å². The van der Waals surface area contributed by atoms with E-state index in [0.717, 1.165) is 19.3 Å². The molecule has 1 fully saturated rings. The number of aliphatic hydroxyl groups excluding tert-OH is 1. The Labute approximate surface area is 133 Å². The molecule has 3 atom stereocenters. The van der Waals surface area contributed by atoms with Crippen LogP contribution in [0, 0.1) is 0 Å². The summed E-state index contributed by atoms with van der Waals surface area (Å²) in [6.45, 7) is 5.55. The molecule has 1 aromatic carbocycles. The Morgan fingerprint density at radius 2 is 2.09 bits per heavy atom. The van der Waals surface area contributed by atoms with Gasteiger partial charge in [0.15, 0.2) is 0 Å². The van der Waals surface area contributed by atoms with Crippen LogP contribution in [0.25, 0.3) is 0 Å². The van der Waals surface area contributed by atoms with Gasteiger partial charge in [0.2, 0.25) is 5.91 Å². The summed E-state index contributed by atoms with van der Waals surface area (Å²) < 4.78 is 0. The zero-order chi connectivity index (χ0) is 15.9. The molecule has 4 heteroatoms. The Morgan fingerprint density at radius 3 is 2.64 bits per heavy atom. The summed E-state index contributed by atoms with van der Waals surface area (Å²) in [5.74, 6) is 0.0254. The van der Waals surface area contributed by atoms with Gasteiger partial charge in [-0.05, 0) is 31.9 Å². The van der Waals surface area contributed by atoms with E-state index in [1.54, 1.807) is 0 Å². The van der Waals surface area contributed by atoms with Gasteiger partial charge < -0.3 is 15.3 Å². The van der Waals surface area contributed by atoms with Gasteiger partial charge >= 0.3 is 0 Å². The maximum absolute atomic E-state index is 12.9. The smallest absolute Gasteiger partial charge is 0.242 e. The van der Waals surface area contributed by atoms with Crippen molar-refractivity contribution in [2.45, 2.75) is 57.7 Å². The zero-order valence-electron chi connectivity index (χ0n) is 13.7. The highest BCUT2D eigenvalue weighted by atomic mass is 16.3. The van der Waals surface area contributed by atoms with Crippen molar-refractivity contribution in [1.82, 2.24) is 10.2 Å². The third-order valence-corrected chi connectivity index (χ3v) is 4.47. The highest BCUT2D eigenvalue weighted by Crippen LogP contribution is 2.28. The lowest BCUT2D eigenvalue weighted by molar-refractivity contribution is -0.137. The fourth-order valence-electron chi connectivity index (χ4n) is 3.22. The Morgan fingerprint density at radius 1 is 1.36 bits per heavy atom. The molecule has 2 unspecified atom stereocenters. The number of aliphatic hydroxyl groups is 1. The fourth-order valence-corrected chi connectivity index (χ4v) is 3.22. The lowest BCUT2D eigenvalue weighted by atomic mass is 9.98. The first-order valence-electron chi connectivity index (χ1n) is 8.45. The number of carbonyl (C=O) groups is 1. The van der Waals surface area contributed by atoms with Crippen LogP contribution in [-0.4, -0.2) is 41.1 Å². The Bertz CT molecular complexity index is 463. The minimum Gasteiger partial charge on any atom is -0.391 e. The molecule has 1 aliphatic rings. The first kappa shape index (κ1) is 17.0. The van der Waals surface area contributed by atoms with Crippen LogP contribution in [0.15, 0.2) is 30.3 Å². The summed E-state index contributed by atoms with van der Waals surface area (Å²) in [5, 5.41) is 13.2. The summed E-state index contributed by atoms with van der Waals surface area (Å²) in [6, 6.07) is 9.87. The molecule has 0 bridgehead atoms. The van der Waals surface area contributed by atoms with Gasteiger partial charge in [0.05, 0.1) is 12.1 Å². The van der Waals surface area contributed by atoms with E-state index in [0.29, 0.717) is 19.5 Å². The molecule has 0 spiro atoms. The minimum atomic E-state index is -0.566. The van der Waals surface area contributed by atoms with E-state index in [1.165, 1.54) is 5.56 Å². The van der Waals surface area contributed by atoms with Crippen LogP contribution in [0.4, 0.5) is 0 Å². The number of unbranched alkanes of at least 4 members (excludes halogenated alkanes) is 1. The van der Waals surface area contributed by atoms with E-state index < -0.39 is 12.1 Å². The van der Waals surface area contributed by atoms with Gasteiger partial charge in [-0.2, -0.15) is 0 Å². The van der Waals surface area contributed by atoms with Crippen LogP contribution in [0.5, 0.6) is 0 Å². The van der Waals surface area contributed by atoms with Gasteiger partial charge in [-0.3, -0.25) is 4.79 Å². The van der Waals surface area contributed by atoms with Gasteiger partial charge in [0, 0.05) is 6.54 Å². The van der Waals surface area contributed by atoms with E-state index in [2.05, 4.69) is 24.4 Å². The van der Waals surface area contributed by atoms with Crippen molar-refractivity contribution in [3.63, 3.8) is 0 Å². The van der Waals surface area contributed by atoms with Crippen molar-refractivity contribution in [3.05, 3.63) is 35.9 Å². The van der Waals surface area contributed by atoms with Crippen LogP contribution >= 0.6 is 0 Å². The quantitative estimate of drug-likeness (QED) is 0.814. The van der Waals surface area contributed by atoms with Gasteiger partial charge in [-0.25, -0.2) is 0 Å². The van der Waals surface area contributed by atoms with Gasteiger partial charge in [0.1, 0.15) is 6.04 Å². The highest BCUT2D eigenvalue weighted by molar-refractivity contribution is 5.83. The summed E-state index contributed by atoms with van der Waals surface area (Å²) in [7, 11) is 0. The number of nitrogens with zero attached hydrogens (tertiary/aromatic N) is 1. The third kappa shape index (κ3) is 3.87. The number of rotatable bonds is 7. The molecule has 1 aromatic rings. The Balaban J connectivity index is 2.20. The van der Waals surface area contributed by atoms with Crippen molar-refractivity contribution < 1.29 is 9.90 Å². The van der Waals surface area contributed by atoms with E-state index in [9.17, 15) is 9.90 Å². The molecular formula is C18H28N2O2. The highest BCUT2D eigenvalue weighted by Gasteiger charge is 2.36. The molecule has 1 saturated heterocycles. The fraction of sp³-hybridized carbons (Fsp3) is 0.611. The number of benzene rings is 1. The number of nitrogens with one attached hydrogen (secondary N) is 1. The Kier molecular flexibility index (Phi) is 6.40. The lowest BCUT2D eigenvalue weighted by Gasteiger charge is -2.34. The lowest BCUT2D eigenvalue weighted by Crippen LogP contribution is -2.49. The molecule has 0 saturated carbocycles. The van der Waals surface area contributed by atoms with Gasteiger partial charge in [0.25, 0.3) is 0 Å². The van der Waals surface area contributed by atoms with Crippen LogP contribution in [0.1, 0.15) is 51.1 Å². The third-order valence-electron chi connectivity index (χ3n) is 4.47. The standard InChI is InChI=1S/C18H28N2O2/c1-3-5-11-15(14-9-7-6-8-10-14)20(4-2)18(22)17-16(21)12-13-19-17/h6-10,15-17,19,21H,3-5,11-13H2,1-2H3/t15?,16?,17-/m0/s1. The van der Waals surface area contributed by atoms with E-state index in [4.69, 9.17) is 0 Å². The maximum Gasteiger partial charge on any atom is 0.242 e. The predicted molar refractivity (Wildman–Crippen MR) is 88.5 cm³/mol. The first-order chi connectivity index (χ1) is 10.7. The molecule has 1 amide bonds. The minimum absolute atomic E-state index is 0.0254. The topological polar surface area (TPSA) is 52.6 Å². The number of hydrogen-bond acceptors (Lipinski definition) is 3. The van der Waals surface area contributed by atoms with Crippen LogP contribution in [0.2, 0.25) is 0 Å². The number of hydrogen-bond donors (Lipinski definition) is 2. The molecular weight excluding hydrogens is 276 g/mol. The van der Waals surface area contributed by atoms with Crippen LogP contribution in [-0.2, 0) is 4.79 Å². The summed E-state index contributed by atoms with van der Waals surface area (Å²) in [4.78, 5) is 14.8. The SMILES string of the molecule is CCCCC(c1ccccc1)N(CC)C(=O)[C@H]1NCCC1O. The number of likely N-dealkylation sites (N-methyl/N-ethyl adjacent to an activating group) is 1. The molecule has 2 rings (SSSR count). The molecule has 0 aromatic heterocycles. The largest absolute Gasteiger partial charge is 0.391 e. The Hall–Kier alpha value is -1.39. The van der Waals surface area contributed by atoms with Gasteiger partial charge in [-0.1, -0.05) is 50.1 Å². The van der Waals surface area contributed by atoms with Crippen molar-refractivity contribution in [3.8, 4) is 0 Å². The van der Waals surface area contributed by atoms with E-state index >= 15 is 0 Å². The maximum atomic E-state index is 12.9. The summed E-state index contributed by atoms with van der Waals surface area (Å²) in [5.41, 5.74) is 1.18. The molecule has 122 valence electrons. The van der Waals surface area contributed by atoms with Crippen molar-refractivity contribution in [1.29, 1.82) is 0 Å². The van der Waals surface area contributed by atoms with Crippen molar-refractivity contribution >= 4 is 5.91 Å². The summed E-state index contributed by atoms with van der Waals surface area (Å²) >= 11 is 0. The van der Waals surface area contributed by atoms with E-state index in [1.807, 2.05) is 30.0 Å². The number of carbonyl (C=O) groups excluding carboxylic acids is 1. The molecule has 22 heavy (non-hydrogen) atoms. The molecule has 2 N–H and O–H groups in total. The van der Waals surface area contributed by atoms with Crippen molar-refractivity contribution in [2.24, 2.45) is 0 Å². The van der Waals surface area contributed by atoms with Crippen molar-refractivity contribution in [2.75, 3.05) is 13.1 Å². The molecule has 1 heterocycles. The molecule has 4 nitrogen and oxygen atoms in total. The normalized spacial score (nSPS) is 22.5. The monoisotopic (exact) mass is 304 g/mol. The summed E-state index contributed by atoms with van der Waals surface area (Å²) in [6.07, 6.45) is 3.25. The van der Waals surface area contributed by atoms with Crippen LogP contribution < -0.4 is 5.32 Å². The first-order valence-corrected chi connectivity index (χ1v) is 8.45. The molecule has 1 aliphatic heterocycles. The predicted octanol–water partition coefficient (Wildman–Crippen LogP) is 2.49. The number of amides is 1. The van der Waals surface area contributed by atoms with Crippen LogP contribution in [0.3, 0.4) is 0 Å².